The lowest BCUT2D eigenvalue weighted by Gasteiger charge is -2.04. The van der Waals surface area contributed by atoms with E-state index in [2.05, 4.69) is 10.2 Å². The minimum absolute atomic E-state index is 0.00896. The number of H-pyrrole nitrogens is 1. The Morgan fingerprint density at radius 1 is 1.53 bits per heavy atom. The number of nitriles is 1. The molecule has 0 saturated heterocycles. The van der Waals surface area contributed by atoms with E-state index in [4.69, 9.17) is 22.2 Å². The fraction of sp³-hybridized carbons (Fsp3) is 0.167. The van der Waals surface area contributed by atoms with E-state index in [0.29, 0.717) is 17.1 Å². The van der Waals surface area contributed by atoms with E-state index in [1.807, 2.05) is 6.07 Å². The monoisotopic (exact) mass is 274 g/mol. The molecule has 6 nitrogen and oxygen atoms in total. The van der Waals surface area contributed by atoms with Crippen LogP contribution in [0.2, 0.25) is 0 Å². The average Bonchev–Trinajstić information content (AvgIpc) is 2.80. The molecule has 0 saturated carbocycles. The largest absolute Gasteiger partial charge is 0.497 e. The average molecular weight is 274 g/mol. The molecule has 1 aromatic heterocycles. The fourth-order valence-electron chi connectivity index (χ4n) is 1.59. The van der Waals surface area contributed by atoms with Crippen LogP contribution in [-0.4, -0.2) is 27.8 Å². The Kier molecular flexibility index (Phi) is 3.73. The lowest BCUT2D eigenvalue weighted by molar-refractivity contribution is 0.0955. The van der Waals surface area contributed by atoms with Crippen molar-refractivity contribution in [3.8, 4) is 11.8 Å². The second kappa shape index (κ2) is 5.46. The molecule has 2 rings (SSSR count). The van der Waals surface area contributed by atoms with Gasteiger partial charge in [0.1, 0.15) is 5.75 Å². The zero-order valence-electron chi connectivity index (χ0n) is 10.1. The standard InChI is InChI=1S/C12H10N4O2S/c1-18-9-4-2-8(3-5-9)11(17)16-10(6-7-13)14-15-12(16)19/h2-5H,6H2,1H3,(H,15,19). The molecule has 1 heterocycles. The van der Waals surface area contributed by atoms with Crippen LogP contribution in [0.5, 0.6) is 5.75 Å². The van der Waals surface area contributed by atoms with E-state index >= 15 is 0 Å². The third-order valence-corrected chi connectivity index (χ3v) is 2.79. The van der Waals surface area contributed by atoms with Gasteiger partial charge in [0, 0.05) is 5.56 Å². The zero-order chi connectivity index (χ0) is 13.8. The molecule has 96 valence electrons. The van der Waals surface area contributed by atoms with E-state index < -0.39 is 0 Å². The van der Waals surface area contributed by atoms with Gasteiger partial charge < -0.3 is 4.74 Å². The van der Waals surface area contributed by atoms with Gasteiger partial charge in [0.2, 0.25) is 4.77 Å². The van der Waals surface area contributed by atoms with Crippen molar-refractivity contribution in [3.63, 3.8) is 0 Å². The maximum absolute atomic E-state index is 12.3. The SMILES string of the molecule is COc1ccc(C(=O)n2c(CC#N)n[nH]c2=S)cc1. The number of nitrogens with one attached hydrogen (secondary N) is 1. The van der Waals surface area contributed by atoms with Crippen molar-refractivity contribution >= 4 is 18.1 Å². The number of aromatic amines is 1. The second-order valence-corrected chi connectivity index (χ2v) is 4.04. The molecule has 0 fully saturated rings. The summed E-state index contributed by atoms with van der Waals surface area (Å²) in [4.78, 5) is 12.3. The van der Waals surface area contributed by atoms with Crippen molar-refractivity contribution in [3.05, 3.63) is 40.4 Å². The van der Waals surface area contributed by atoms with Gasteiger partial charge in [0.25, 0.3) is 5.91 Å². The van der Waals surface area contributed by atoms with Gasteiger partial charge in [-0.05, 0) is 36.5 Å². The van der Waals surface area contributed by atoms with Crippen molar-refractivity contribution in [1.29, 1.82) is 5.26 Å². The van der Waals surface area contributed by atoms with Gasteiger partial charge in [-0.3, -0.25) is 9.89 Å². The second-order valence-electron chi connectivity index (χ2n) is 3.65. The van der Waals surface area contributed by atoms with Crippen molar-refractivity contribution < 1.29 is 9.53 Å². The molecule has 7 heteroatoms. The van der Waals surface area contributed by atoms with Crippen LogP contribution in [0, 0.1) is 16.1 Å². The van der Waals surface area contributed by atoms with Gasteiger partial charge in [0.05, 0.1) is 19.6 Å². The number of benzene rings is 1. The number of ether oxygens (including phenoxy) is 1. The number of carbonyl (C=O) groups excluding carboxylic acids is 1. The van der Waals surface area contributed by atoms with Crippen molar-refractivity contribution in [2.75, 3.05) is 7.11 Å². The molecule has 19 heavy (non-hydrogen) atoms. The molecule has 0 spiro atoms. The number of rotatable bonds is 3. The van der Waals surface area contributed by atoms with E-state index in [1.54, 1.807) is 31.4 Å². The Morgan fingerprint density at radius 3 is 2.79 bits per heavy atom. The van der Waals surface area contributed by atoms with Crippen LogP contribution >= 0.6 is 12.2 Å². The first kappa shape index (κ1) is 13.0. The molecule has 1 aromatic carbocycles. The van der Waals surface area contributed by atoms with Crippen LogP contribution < -0.4 is 4.74 Å². The number of hydrogen-bond donors (Lipinski definition) is 1. The molecule has 0 bridgehead atoms. The van der Waals surface area contributed by atoms with Crippen molar-refractivity contribution in [1.82, 2.24) is 14.8 Å². The maximum atomic E-state index is 12.3. The number of hydrogen-bond acceptors (Lipinski definition) is 5. The smallest absolute Gasteiger partial charge is 0.265 e. The minimum atomic E-state index is -0.327. The maximum Gasteiger partial charge on any atom is 0.265 e. The third kappa shape index (κ3) is 2.53. The highest BCUT2D eigenvalue weighted by Crippen LogP contribution is 2.13. The van der Waals surface area contributed by atoms with Crippen molar-refractivity contribution in [2.24, 2.45) is 0 Å². The zero-order valence-corrected chi connectivity index (χ0v) is 10.9. The molecule has 2 aromatic rings. The first-order valence-corrected chi connectivity index (χ1v) is 5.80. The van der Waals surface area contributed by atoms with Crippen LogP contribution in [0.15, 0.2) is 24.3 Å². The van der Waals surface area contributed by atoms with Gasteiger partial charge in [-0.1, -0.05) is 0 Å². The molecule has 0 radical (unpaired) electrons. The molecule has 1 N–H and O–H groups in total. The third-order valence-electron chi connectivity index (χ3n) is 2.52. The highest BCUT2D eigenvalue weighted by atomic mass is 32.1. The highest BCUT2D eigenvalue weighted by Gasteiger charge is 2.15. The van der Waals surface area contributed by atoms with Crippen LogP contribution in [0.4, 0.5) is 0 Å². The summed E-state index contributed by atoms with van der Waals surface area (Å²) in [5.41, 5.74) is 0.442. The molecule has 0 aliphatic heterocycles. The number of methoxy groups -OCH3 is 1. The molecule has 0 aliphatic rings. The van der Waals surface area contributed by atoms with Crippen LogP contribution in [0.1, 0.15) is 16.2 Å². The Bertz CT molecular complexity index is 694. The van der Waals surface area contributed by atoms with Gasteiger partial charge in [-0.15, -0.1) is 0 Å². The Hall–Kier alpha value is -2.46. The molecular weight excluding hydrogens is 264 g/mol. The lowest BCUT2D eigenvalue weighted by atomic mass is 10.2. The number of aromatic nitrogens is 3. The van der Waals surface area contributed by atoms with Crippen LogP contribution in [-0.2, 0) is 6.42 Å². The molecule has 0 atom stereocenters. The minimum Gasteiger partial charge on any atom is -0.497 e. The summed E-state index contributed by atoms with van der Waals surface area (Å²) in [6, 6.07) is 8.57. The summed E-state index contributed by atoms with van der Waals surface area (Å²) in [5.74, 6) is 0.629. The van der Waals surface area contributed by atoms with Gasteiger partial charge >= 0.3 is 0 Å². The Balaban J connectivity index is 2.41. The molecule has 0 amide bonds. The summed E-state index contributed by atoms with van der Waals surface area (Å²) in [5, 5.41) is 15.1. The molecular formula is C12H10N4O2S. The van der Waals surface area contributed by atoms with Gasteiger partial charge in [-0.2, -0.15) is 10.4 Å². The first-order valence-electron chi connectivity index (χ1n) is 5.39. The summed E-state index contributed by atoms with van der Waals surface area (Å²) >= 11 is 5.00. The van der Waals surface area contributed by atoms with Crippen LogP contribution in [0.25, 0.3) is 0 Å². The number of carbonyl (C=O) groups is 1. The Labute approximate surface area is 114 Å². The van der Waals surface area contributed by atoms with Gasteiger partial charge in [-0.25, -0.2) is 4.57 Å². The summed E-state index contributed by atoms with van der Waals surface area (Å²) in [7, 11) is 1.55. The Morgan fingerprint density at radius 2 is 2.21 bits per heavy atom. The molecule has 0 aliphatic carbocycles. The van der Waals surface area contributed by atoms with E-state index in [0.717, 1.165) is 0 Å². The predicted octanol–water partition coefficient (Wildman–Crippen LogP) is 1.70. The normalized spacial score (nSPS) is 9.89. The predicted molar refractivity (Wildman–Crippen MR) is 69.5 cm³/mol. The first-order chi connectivity index (χ1) is 9.17. The quantitative estimate of drug-likeness (QED) is 0.861. The van der Waals surface area contributed by atoms with E-state index in [1.165, 1.54) is 4.57 Å². The van der Waals surface area contributed by atoms with Crippen LogP contribution in [0.3, 0.4) is 0 Å². The summed E-state index contributed by atoms with van der Waals surface area (Å²) in [6.07, 6.45) is 0.00896. The lowest BCUT2D eigenvalue weighted by Crippen LogP contribution is -2.15. The number of nitrogens with zero attached hydrogens (tertiary/aromatic N) is 3. The van der Waals surface area contributed by atoms with Gasteiger partial charge in [0.15, 0.2) is 5.82 Å². The highest BCUT2D eigenvalue weighted by molar-refractivity contribution is 7.71. The molecule has 0 unspecified atom stereocenters. The van der Waals surface area contributed by atoms with E-state index in [9.17, 15) is 4.79 Å². The fourth-order valence-corrected chi connectivity index (χ4v) is 1.82. The van der Waals surface area contributed by atoms with Crippen molar-refractivity contribution in [2.45, 2.75) is 6.42 Å². The summed E-state index contributed by atoms with van der Waals surface area (Å²) in [6.45, 7) is 0. The van der Waals surface area contributed by atoms with E-state index in [-0.39, 0.29) is 17.1 Å². The topological polar surface area (TPSA) is 83.7 Å². The summed E-state index contributed by atoms with van der Waals surface area (Å²) < 4.78 is 6.42.